The van der Waals surface area contributed by atoms with E-state index in [1.807, 2.05) is 30.3 Å². The van der Waals surface area contributed by atoms with Gasteiger partial charge in [0.15, 0.2) is 0 Å². The summed E-state index contributed by atoms with van der Waals surface area (Å²) in [5.41, 5.74) is 1.45. The molecule has 24 heavy (non-hydrogen) atoms. The molecular weight excluding hydrogens is 308 g/mol. The van der Waals surface area contributed by atoms with Crippen molar-refractivity contribution >= 4 is 23.2 Å². The quantitative estimate of drug-likeness (QED) is 0.531. The summed E-state index contributed by atoms with van der Waals surface area (Å²) in [5.74, 6) is -0.966. The van der Waals surface area contributed by atoms with E-state index in [-0.39, 0.29) is 0 Å². The van der Waals surface area contributed by atoms with Crippen LogP contribution < -0.4 is 20.7 Å². The van der Waals surface area contributed by atoms with Crippen LogP contribution in [0.25, 0.3) is 0 Å². The van der Waals surface area contributed by atoms with Crippen LogP contribution in [-0.2, 0) is 9.59 Å². The molecule has 0 aliphatic carbocycles. The molecule has 2 rings (SSSR count). The molecule has 0 saturated carbocycles. The average Bonchev–Trinajstić information content (AvgIpc) is 2.62. The summed E-state index contributed by atoms with van der Waals surface area (Å²) in [4.78, 5) is 27.4. The molecule has 0 radical (unpaired) electrons. The zero-order valence-corrected chi connectivity index (χ0v) is 13.4. The zero-order chi connectivity index (χ0) is 17.2. The molecule has 0 aliphatic heterocycles. The maximum atomic E-state index is 11.8. The Morgan fingerprint density at radius 3 is 2.46 bits per heavy atom. The van der Waals surface area contributed by atoms with Crippen molar-refractivity contribution in [3.8, 4) is 5.88 Å². The van der Waals surface area contributed by atoms with Crippen LogP contribution in [0.1, 0.15) is 6.42 Å². The summed E-state index contributed by atoms with van der Waals surface area (Å²) in [6.07, 6.45) is 2.13. The minimum Gasteiger partial charge on any atom is -0.481 e. The molecule has 0 aliphatic rings. The van der Waals surface area contributed by atoms with E-state index in [1.165, 1.54) is 13.3 Å². The van der Waals surface area contributed by atoms with E-state index >= 15 is 0 Å². The molecule has 0 saturated heterocycles. The van der Waals surface area contributed by atoms with Crippen LogP contribution in [0.4, 0.5) is 11.4 Å². The van der Waals surface area contributed by atoms with Gasteiger partial charge >= 0.3 is 11.8 Å². The van der Waals surface area contributed by atoms with Crippen LogP contribution in [0.5, 0.6) is 5.88 Å². The zero-order valence-electron chi connectivity index (χ0n) is 13.4. The number of rotatable bonds is 7. The second kappa shape index (κ2) is 9.14. The normalized spacial score (nSPS) is 9.88. The van der Waals surface area contributed by atoms with Crippen molar-refractivity contribution < 1.29 is 14.3 Å². The number of para-hydroxylation sites is 1. The average molecular weight is 328 g/mol. The summed E-state index contributed by atoms with van der Waals surface area (Å²) in [6, 6.07) is 13.0. The topological polar surface area (TPSA) is 92.3 Å². The summed E-state index contributed by atoms with van der Waals surface area (Å²) in [5, 5.41) is 8.28. The molecule has 2 aromatic rings. The summed E-state index contributed by atoms with van der Waals surface area (Å²) in [6.45, 7) is 1.11. The number of aromatic nitrogens is 1. The number of hydrogen-bond donors (Lipinski definition) is 3. The lowest BCUT2D eigenvalue weighted by molar-refractivity contribution is -0.136. The number of nitrogens with zero attached hydrogens (tertiary/aromatic N) is 1. The van der Waals surface area contributed by atoms with Gasteiger partial charge in [-0.2, -0.15) is 0 Å². The van der Waals surface area contributed by atoms with Crippen LogP contribution in [0.2, 0.25) is 0 Å². The van der Waals surface area contributed by atoms with Gasteiger partial charge in [-0.3, -0.25) is 9.59 Å². The number of ether oxygens (including phenoxy) is 1. The van der Waals surface area contributed by atoms with Crippen molar-refractivity contribution in [1.29, 1.82) is 0 Å². The number of carbonyl (C=O) groups is 2. The first-order valence-corrected chi connectivity index (χ1v) is 7.57. The number of benzene rings is 1. The molecule has 0 fully saturated rings. The number of methoxy groups -OCH3 is 1. The highest BCUT2D eigenvalue weighted by Gasteiger charge is 2.13. The highest BCUT2D eigenvalue weighted by Crippen LogP contribution is 2.10. The van der Waals surface area contributed by atoms with Crippen LogP contribution in [0, 0.1) is 0 Å². The van der Waals surface area contributed by atoms with E-state index in [0.717, 1.165) is 5.69 Å². The molecule has 0 unspecified atom stereocenters. The van der Waals surface area contributed by atoms with Crippen molar-refractivity contribution in [1.82, 2.24) is 10.3 Å². The van der Waals surface area contributed by atoms with E-state index in [9.17, 15) is 9.59 Å². The van der Waals surface area contributed by atoms with Crippen LogP contribution in [-0.4, -0.2) is 37.0 Å². The van der Waals surface area contributed by atoms with Gasteiger partial charge in [-0.25, -0.2) is 4.98 Å². The number of anilines is 2. The second-order valence-electron chi connectivity index (χ2n) is 4.95. The Hall–Kier alpha value is -3.09. The third-order valence-electron chi connectivity index (χ3n) is 3.15. The number of pyridine rings is 1. The first kappa shape index (κ1) is 17.3. The molecule has 1 heterocycles. The minimum absolute atomic E-state index is 0.410. The fourth-order valence-corrected chi connectivity index (χ4v) is 1.92. The molecular formula is C17H20N4O3. The number of amides is 2. The van der Waals surface area contributed by atoms with Gasteiger partial charge in [-0.05, 0) is 24.6 Å². The lowest BCUT2D eigenvalue weighted by atomic mass is 10.3. The minimum atomic E-state index is -0.724. The Balaban J connectivity index is 1.65. The number of nitrogens with one attached hydrogen (secondary N) is 3. The Morgan fingerprint density at radius 1 is 1.00 bits per heavy atom. The Morgan fingerprint density at radius 2 is 1.79 bits per heavy atom. The summed E-state index contributed by atoms with van der Waals surface area (Å²) < 4.78 is 4.92. The van der Waals surface area contributed by atoms with E-state index in [2.05, 4.69) is 20.9 Å². The van der Waals surface area contributed by atoms with Crippen molar-refractivity contribution in [3.63, 3.8) is 0 Å². The Bertz CT molecular complexity index is 659. The van der Waals surface area contributed by atoms with Crippen molar-refractivity contribution in [2.45, 2.75) is 6.42 Å². The van der Waals surface area contributed by atoms with Gasteiger partial charge < -0.3 is 20.7 Å². The van der Waals surface area contributed by atoms with Crippen molar-refractivity contribution in [2.75, 3.05) is 30.8 Å². The van der Waals surface area contributed by atoms with Crippen LogP contribution in [0.15, 0.2) is 48.7 Å². The fraction of sp³-hybridized carbons (Fsp3) is 0.235. The summed E-state index contributed by atoms with van der Waals surface area (Å²) in [7, 11) is 1.50. The fourth-order valence-electron chi connectivity index (χ4n) is 1.92. The predicted molar refractivity (Wildman–Crippen MR) is 92.0 cm³/mol. The van der Waals surface area contributed by atoms with Crippen molar-refractivity contribution in [3.05, 3.63) is 48.7 Å². The third-order valence-corrected chi connectivity index (χ3v) is 3.15. The number of carbonyl (C=O) groups excluding carboxylic acids is 2. The van der Waals surface area contributed by atoms with E-state index in [4.69, 9.17) is 4.74 Å². The molecule has 0 atom stereocenters. The first-order chi connectivity index (χ1) is 11.7. The lowest BCUT2D eigenvalue weighted by Gasteiger charge is -2.08. The molecule has 1 aromatic carbocycles. The maximum absolute atomic E-state index is 11.8. The van der Waals surface area contributed by atoms with Gasteiger partial charge in [-0.15, -0.1) is 0 Å². The highest BCUT2D eigenvalue weighted by molar-refractivity contribution is 6.39. The van der Waals surface area contributed by atoms with Gasteiger partial charge in [0.1, 0.15) is 0 Å². The highest BCUT2D eigenvalue weighted by atomic mass is 16.5. The monoisotopic (exact) mass is 328 g/mol. The largest absolute Gasteiger partial charge is 0.481 e. The Kier molecular flexibility index (Phi) is 6.58. The standard InChI is InChI=1S/C17H20N4O3/c1-24-15-9-8-14(12-20-15)21-17(23)16(22)19-11-5-10-18-13-6-3-2-4-7-13/h2-4,6-9,12,18H,5,10-11H2,1H3,(H,19,22)(H,21,23). The van der Waals surface area contributed by atoms with E-state index in [0.29, 0.717) is 31.1 Å². The molecule has 2 amide bonds. The lowest BCUT2D eigenvalue weighted by Crippen LogP contribution is -2.36. The second-order valence-corrected chi connectivity index (χ2v) is 4.95. The van der Waals surface area contributed by atoms with Gasteiger partial charge in [0.25, 0.3) is 0 Å². The molecule has 0 bridgehead atoms. The molecule has 3 N–H and O–H groups in total. The number of hydrogen-bond acceptors (Lipinski definition) is 5. The smallest absolute Gasteiger partial charge is 0.313 e. The van der Waals surface area contributed by atoms with Crippen LogP contribution >= 0.6 is 0 Å². The van der Waals surface area contributed by atoms with Gasteiger partial charge in [0, 0.05) is 24.8 Å². The predicted octanol–water partition coefficient (Wildman–Crippen LogP) is 1.65. The third kappa shape index (κ3) is 5.60. The maximum Gasteiger partial charge on any atom is 0.313 e. The van der Waals surface area contributed by atoms with Crippen molar-refractivity contribution in [2.24, 2.45) is 0 Å². The molecule has 1 aromatic heterocycles. The first-order valence-electron chi connectivity index (χ1n) is 7.57. The molecule has 7 nitrogen and oxygen atoms in total. The van der Waals surface area contributed by atoms with E-state index in [1.54, 1.807) is 12.1 Å². The SMILES string of the molecule is COc1ccc(NC(=O)C(=O)NCCCNc2ccccc2)cn1. The Labute approximate surface area is 140 Å². The molecule has 7 heteroatoms. The molecule has 126 valence electrons. The van der Waals surface area contributed by atoms with Gasteiger partial charge in [0.05, 0.1) is 19.0 Å². The van der Waals surface area contributed by atoms with Gasteiger partial charge in [0.2, 0.25) is 5.88 Å². The molecule has 0 spiro atoms. The summed E-state index contributed by atoms with van der Waals surface area (Å²) >= 11 is 0. The van der Waals surface area contributed by atoms with Gasteiger partial charge in [-0.1, -0.05) is 18.2 Å². The van der Waals surface area contributed by atoms with Crippen LogP contribution in [0.3, 0.4) is 0 Å². The van der Waals surface area contributed by atoms with E-state index < -0.39 is 11.8 Å².